The molecule has 124 valence electrons. The Kier molecular flexibility index (Phi) is 3.70. The lowest BCUT2D eigenvalue weighted by molar-refractivity contribution is 0.0944. The van der Waals surface area contributed by atoms with Gasteiger partial charge in [-0.1, -0.05) is 29.8 Å². The molecule has 3 heterocycles. The number of nitrogens with one attached hydrogen (secondary N) is 2. The van der Waals surface area contributed by atoms with Crippen molar-refractivity contribution in [1.29, 1.82) is 0 Å². The highest BCUT2D eigenvalue weighted by atomic mass is 16.1. The fourth-order valence-electron chi connectivity index (χ4n) is 2.46. The number of carbonyl (C=O) groups excluding carboxylic acids is 1. The number of H-pyrrole nitrogens is 1. The number of benzene rings is 1. The summed E-state index contributed by atoms with van der Waals surface area (Å²) in [6.07, 6.45) is 1.52. The van der Waals surface area contributed by atoms with Crippen LogP contribution in [0.3, 0.4) is 0 Å². The number of aromatic nitrogens is 6. The molecule has 0 aliphatic carbocycles. The molecule has 1 amide bonds. The maximum absolute atomic E-state index is 12.0. The van der Waals surface area contributed by atoms with Crippen molar-refractivity contribution in [3.8, 4) is 11.3 Å². The van der Waals surface area contributed by atoms with Gasteiger partial charge in [-0.05, 0) is 25.1 Å². The molecular formula is C17H15N7O. The molecule has 3 aromatic heterocycles. The minimum absolute atomic E-state index is 0.212. The van der Waals surface area contributed by atoms with E-state index >= 15 is 0 Å². The van der Waals surface area contributed by atoms with Crippen LogP contribution in [0.1, 0.15) is 21.9 Å². The van der Waals surface area contributed by atoms with E-state index in [-0.39, 0.29) is 12.5 Å². The van der Waals surface area contributed by atoms with Gasteiger partial charge in [0.25, 0.3) is 5.91 Å². The van der Waals surface area contributed by atoms with Gasteiger partial charge < -0.3 is 5.32 Å². The van der Waals surface area contributed by atoms with Crippen molar-refractivity contribution in [2.45, 2.75) is 13.5 Å². The standard InChI is InChI=1S/C17H15N7O/c1-11-2-4-12(5-3-11)13-6-7-15-21-22-16(24(15)23-13)10-18-17(25)14-8-9-19-20-14/h2-9H,10H2,1H3,(H,18,25)(H,19,20). The first kappa shape index (κ1) is 15.0. The second kappa shape index (κ2) is 6.16. The molecule has 1 aromatic carbocycles. The zero-order valence-corrected chi connectivity index (χ0v) is 13.5. The predicted molar refractivity (Wildman–Crippen MR) is 90.7 cm³/mol. The summed E-state index contributed by atoms with van der Waals surface area (Å²) in [5, 5.41) is 21.9. The van der Waals surface area contributed by atoms with Crippen molar-refractivity contribution in [3.63, 3.8) is 0 Å². The molecule has 4 rings (SSSR count). The number of rotatable bonds is 4. The number of aryl methyl sites for hydroxylation is 1. The Hall–Kier alpha value is -3.55. The van der Waals surface area contributed by atoms with Crippen LogP contribution < -0.4 is 5.32 Å². The summed E-state index contributed by atoms with van der Waals surface area (Å²) >= 11 is 0. The highest BCUT2D eigenvalue weighted by Crippen LogP contribution is 2.18. The lowest BCUT2D eigenvalue weighted by atomic mass is 10.1. The van der Waals surface area contributed by atoms with Crippen molar-refractivity contribution in [3.05, 3.63) is 65.7 Å². The first-order valence-electron chi connectivity index (χ1n) is 7.77. The SMILES string of the molecule is Cc1ccc(-c2ccc3nnc(CNC(=O)c4ccn[nH]4)n3n2)cc1. The van der Waals surface area contributed by atoms with E-state index in [1.165, 1.54) is 11.8 Å². The summed E-state index contributed by atoms with van der Waals surface area (Å²) in [5.74, 6) is 0.292. The zero-order valence-electron chi connectivity index (χ0n) is 13.5. The molecule has 0 saturated carbocycles. The average Bonchev–Trinajstić information content (AvgIpc) is 3.30. The van der Waals surface area contributed by atoms with Gasteiger partial charge >= 0.3 is 0 Å². The minimum Gasteiger partial charge on any atom is -0.343 e. The van der Waals surface area contributed by atoms with Gasteiger partial charge in [-0.15, -0.1) is 10.2 Å². The monoisotopic (exact) mass is 333 g/mol. The summed E-state index contributed by atoms with van der Waals surface area (Å²) in [6, 6.07) is 13.5. The number of hydrogen-bond donors (Lipinski definition) is 2. The predicted octanol–water partition coefficient (Wildman–Crippen LogP) is 1.75. The molecule has 0 aliphatic heterocycles. The Morgan fingerprint density at radius 2 is 1.96 bits per heavy atom. The highest BCUT2D eigenvalue weighted by molar-refractivity contribution is 5.91. The molecular weight excluding hydrogens is 318 g/mol. The van der Waals surface area contributed by atoms with Crippen LogP contribution in [0, 0.1) is 6.92 Å². The largest absolute Gasteiger partial charge is 0.343 e. The van der Waals surface area contributed by atoms with Gasteiger partial charge in [-0.3, -0.25) is 9.89 Å². The van der Waals surface area contributed by atoms with Crippen LogP contribution in [0.15, 0.2) is 48.7 Å². The smallest absolute Gasteiger partial charge is 0.269 e. The topological polar surface area (TPSA) is 101 Å². The van der Waals surface area contributed by atoms with Gasteiger partial charge in [0, 0.05) is 11.8 Å². The quantitative estimate of drug-likeness (QED) is 0.592. The van der Waals surface area contributed by atoms with Crippen LogP contribution in [-0.4, -0.2) is 35.9 Å². The Balaban J connectivity index is 1.60. The van der Waals surface area contributed by atoms with E-state index in [9.17, 15) is 4.79 Å². The first-order valence-corrected chi connectivity index (χ1v) is 7.77. The van der Waals surface area contributed by atoms with Crippen molar-refractivity contribution in [2.24, 2.45) is 0 Å². The third-order valence-electron chi connectivity index (χ3n) is 3.83. The van der Waals surface area contributed by atoms with E-state index in [0.717, 1.165) is 11.3 Å². The first-order chi connectivity index (χ1) is 12.2. The molecule has 0 aliphatic rings. The maximum Gasteiger partial charge on any atom is 0.269 e. The Labute approximate surface area is 142 Å². The second-order valence-corrected chi connectivity index (χ2v) is 5.62. The Morgan fingerprint density at radius 1 is 1.12 bits per heavy atom. The van der Waals surface area contributed by atoms with E-state index in [2.05, 4.69) is 30.8 Å². The van der Waals surface area contributed by atoms with Gasteiger partial charge in [0.2, 0.25) is 0 Å². The van der Waals surface area contributed by atoms with Crippen LogP contribution in [-0.2, 0) is 6.54 Å². The van der Waals surface area contributed by atoms with Gasteiger partial charge in [-0.2, -0.15) is 14.7 Å². The van der Waals surface area contributed by atoms with E-state index in [1.807, 2.05) is 43.3 Å². The van der Waals surface area contributed by atoms with Gasteiger partial charge in [0.15, 0.2) is 11.5 Å². The van der Waals surface area contributed by atoms with Crippen LogP contribution in [0.2, 0.25) is 0 Å². The third-order valence-corrected chi connectivity index (χ3v) is 3.83. The molecule has 0 spiro atoms. The zero-order chi connectivity index (χ0) is 17.2. The van der Waals surface area contributed by atoms with Crippen molar-refractivity contribution < 1.29 is 4.79 Å². The molecule has 0 bridgehead atoms. The Morgan fingerprint density at radius 3 is 2.72 bits per heavy atom. The molecule has 2 N–H and O–H groups in total. The van der Waals surface area contributed by atoms with Crippen molar-refractivity contribution >= 4 is 11.6 Å². The van der Waals surface area contributed by atoms with Crippen LogP contribution >= 0.6 is 0 Å². The van der Waals surface area contributed by atoms with Crippen LogP contribution in [0.5, 0.6) is 0 Å². The van der Waals surface area contributed by atoms with E-state index in [1.54, 1.807) is 10.6 Å². The van der Waals surface area contributed by atoms with Gasteiger partial charge in [0.05, 0.1) is 12.2 Å². The number of nitrogens with zero attached hydrogens (tertiary/aromatic N) is 5. The molecule has 0 unspecified atom stereocenters. The number of carbonyl (C=O) groups is 1. The van der Waals surface area contributed by atoms with E-state index in [4.69, 9.17) is 0 Å². The summed E-state index contributed by atoms with van der Waals surface area (Å²) in [4.78, 5) is 12.0. The maximum atomic E-state index is 12.0. The van der Waals surface area contributed by atoms with Gasteiger partial charge in [-0.25, -0.2) is 0 Å². The summed E-state index contributed by atoms with van der Waals surface area (Å²) in [7, 11) is 0. The summed E-state index contributed by atoms with van der Waals surface area (Å²) in [5.41, 5.74) is 4.03. The summed E-state index contributed by atoms with van der Waals surface area (Å²) in [6.45, 7) is 2.25. The highest BCUT2D eigenvalue weighted by Gasteiger charge is 2.11. The fourth-order valence-corrected chi connectivity index (χ4v) is 2.46. The van der Waals surface area contributed by atoms with Crippen molar-refractivity contribution in [2.75, 3.05) is 0 Å². The molecule has 4 aromatic rings. The van der Waals surface area contributed by atoms with E-state index in [0.29, 0.717) is 17.2 Å². The fraction of sp³-hybridized carbons (Fsp3) is 0.118. The lowest BCUT2D eigenvalue weighted by Crippen LogP contribution is -2.24. The Bertz CT molecular complexity index is 1020. The van der Waals surface area contributed by atoms with Crippen LogP contribution in [0.4, 0.5) is 0 Å². The van der Waals surface area contributed by atoms with Crippen molar-refractivity contribution in [1.82, 2.24) is 35.3 Å². The molecule has 0 radical (unpaired) electrons. The van der Waals surface area contributed by atoms with Gasteiger partial charge in [0.1, 0.15) is 5.69 Å². The molecule has 0 saturated heterocycles. The molecule has 8 nitrogen and oxygen atoms in total. The molecule has 8 heteroatoms. The van der Waals surface area contributed by atoms with Crippen LogP contribution in [0.25, 0.3) is 16.9 Å². The summed E-state index contributed by atoms with van der Waals surface area (Å²) < 4.78 is 1.64. The third kappa shape index (κ3) is 2.97. The average molecular weight is 333 g/mol. The number of hydrogen-bond acceptors (Lipinski definition) is 5. The molecule has 0 fully saturated rings. The number of aromatic amines is 1. The lowest BCUT2D eigenvalue weighted by Gasteiger charge is -2.05. The minimum atomic E-state index is -0.260. The molecule has 25 heavy (non-hydrogen) atoms. The normalized spacial score (nSPS) is 10.9. The number of fused-ring (bicyclic) bond motifs is 1. The second-order valence-electron chi connectivity index (χ2n) is 5.62. The van der Waals surface area contributed by atoms with E-state index < -0.39 is 0 Å². The number of amides is 1. The molecule has 0 atom stereocenters.